The number of para-hydroxylation sites is 1. The summed E-state index contributed by atoms with van der Waals surface area (Å²) in [7, 11) is -3.73. The quantitative estimate of drug-likeness (QED) is 0.794. The second kappa shape index (κ2) is 8.34. The number of benzene rings is 2. The molecule has 1 saturated heterocycles. The molecule has 1 amide bonds. The maximum Gasteiger partial charge on any atom is 0.251 e. The van der Waals surface area contributed by atoms with E-state index in [-0.39, 0.29) is 27.4 Å². The molecule has 2 aliphatic heterocycles. The van der Waals surface area contributed by atoms with Crippen molar-refractivity contribution in [2.45, 2.75) is 36.6 Å². The van der Waals surface area contributed by atoms with Crippen LogP contribution in [0.2, 0.25) is 5.02 Å². The molecule has 0 spiro atoms. The molecule has 2 aliphatic rings. The van der Waals surface area contributed by atoms with Crippen molar-refractivity contribution in [1.82, 2.24) is 9.62 Å². The zero-order valence-corrected chi connectivity index (χ0v) is 17.5. The Balaban J connectivity index is 1.58. The van der Waals surface area contributed by atoms with Crippen LogP contribution in [0.3, 0.4) is 0 Å². The first-order valence-electron chi connectivity index (χ1n) is 9.79. The molecule has 0 aromatic heterocycles. The van der Waals surface area contributed by atoms with E-state index in [9.17, 15) is 13.2 Å². The summed E-state index contributed by atoms with van der Waals surface area (Å²) in [4.78, 5) is 12.9. The van der Waals surface area contributed by atoms with Crippen molar-refractivity contribution in [3.05, 3.63) is 58.6 Å². The fourth-order valence-electron chi connectivity index (χ4n) is 3.82. The number of carbonyl (C=O) groups is 1. The first-order chi connectivity index (χ1) is 14.0. The average molecular weight is 435 g/mol. The number of halogens is 1. The third-order valence-electron chi connectivity index (χ3n) is 5.39. The Labute approximate surface area is 175 Å². The van der Waals surface area contributed by atoms with Crippen LogP contribution < -0.4 is 10.1 Å². The van der Waals surface area contributed by atoms with E-state index < -0.39 is 10.0 Å². The molecule has 2 aromatic carbocycles. The number of piperidine rings is 1. The Morgan fingerprint density at radius 1 is 1.10 bits per heavy atom. The van der Waals surface area contributed by atoms with Crippen LogP contribution in [0, 0.1) is 0 Å². The minimum absolute atomic E-state index is 0.0129. The van der Waals surface area contributed by atoms with Crippen molar-refractivity contribution in [3.8, 4) is 5.75 Å². The van der Waals surface area contributed by atoms with Crippen LogP contribution in [0.25, 0.3) is 0 Å². The van der Waals surface area contributed by atoms with Crippen LogP contribution in [0.4, 0.5) is 0 Å². The van der Waals surface area contributed by atoms with Crippen molar-refractivity contribution in [2.75, 3.05) is 19.7 Å². The zero-order chi connectivity index (χ0) is 20.4. The Kier molecular flexibility index (Phi) is 5.81. The zero-order valence-electron chi connectivity index (χ0n) is 15.9. The fraction of sp³-hybridized carbons (Fsp3) is 0.381. The maximum atomic E-state index is 13.0. The summed E-state index contributed by atoms with van der Waals surface area (Å²) < 4.78 is 33.1. The molecule has 29 heavy (non-hydrogen) atoms. The lowest BCUT2D eigenvalue weighted by Gasteiger charge is -2.27. The third-order valence-corrected chi connectivity index (χ3v) is 7.77. The van der Waals surface area contributed by atoms with E-state index in [4.69, 9.17) is 16.3 Å². The van der Waals surface area contributed by atoms with Crippen LogP contribution in [0.5, 0.6) is 5.75 Å². The highest BCUT2D eigenvalue weighted by Crippen LogP contribution is 2.32. The van der Waals surface area contributed by atoms with E-state index >= 15 is 0 Å². The van der Waals surface area contributed by atoms with Gasteiger partial charge in [-0.15, -0.1) is 0 Å². The fourth-order valence-corrected chi connectivity index (χ4v) is 5.84. The number of nitrogens with zero attached hydrogens (tertiary/aromatic N) is 1. The molecular formula is C21H23ClN2O4S. The number of ether oxygens (including phenoxy) is 1. The monoisotopic (exact) mass is 434 g/mol. The van der Waals surface area contributed by atoms with Crippen molar-refractivity contribution in [2.24, 2.45) is 0 Å². The number of fused-ring (bicyclic) bond motifs is 1. The molecule has 1 fully saturated rings. The summed E-state index contributed by atoms with van der Waals surface area (Å²) >= 11 is 6.21. The summed E-state index contributed by atoms with van der Waals surface area (Å²) in [6, 6.07) is 11.8. The van der Waals surface area contributed by atoms with Gasteiger partial charge in [-0.2, -0.15) is 4.31 Å². The molecule has 1 N–H and O–H groups in total. The van der Waals surface area contributed by atoms with Gasteiger partial charge in [-0.1, -0.05) is 36.2 Å². The highest BCUT2D eigenvalue weighted by molar-refractivity contribution is 7.89. The van der Waals surface area contributed by atoms with Gasteiger partial charge in [-0.3, -0.25) is 4.79 Å². The maximum absolute atomic E-state index is 13.0. The SMILES string of the molecule is O=C(NC1CCOc2ccccc21)c1ccc(Cl)c(S(=O)(=O)N2CCCCC2)c1. The van der Waals surface area contributed by atoms with Crippen LogP contribution in [0.1, 0.15) is 47.6 Å². The number of hydrogen-bond donors (Lipinski definition) is 1. The van der Waals surface area contributed by atoms with Crippen LogP contribution in [-0.2, 0) is 10.0 Å². The van der Waals surface area contributed by atoms with E-state index in [2.05, 4.69) is 5.32 Å². The molecule has 8 heteroatoms. The molecule has 0 radical (unpaired) electrons. The van der Waals surface area contributed by atoms with E-state index in [0.717, 1.165) is 30.6 Å². The number of sulfonamides is 1. The largest absolute Gasteiger partial charge is 0.493 e. The van der Waals surface area contributed by atoms with Gasteiger partial charge < -0.3 is 10.1 Å². The number of carbonyl (C=O) groups excluding carboxylic acids is 1. The van der Waals surface area contributed by atoms with Crippen molar-refractivity contribution < 1.29 is 17.9 Å². The van der Waals surface area contributed by atoms with E-state index in [1.807, 2.05) is 24.3 Å². The number of hydrogen-bond acceptors (Lipinski definition) is 4. The summed E-state index contributed by atoms with van der Waals surface area (Å²) in [6.45, 7) is 1.47. The Hall–Kier alpha value is -2.09. The lowest BCUT2D eigenvalue weighted by Crippen LogP contribution is -2.36. The van der Waals surface area contributed by atoms with Crippen molar-refractivity contribution in [1.29, 1.82) is 0 Å². The van der Waals surface area contributed by atoms with Gasteiger partial charge in [0.15, 0.2) is 0 Å². The molecule has 1 atom stereocenters. The summed E-state index contributed by atoms with van der Waals surface area (Å²) in [5.41, 5.74) is 1.19. The molecule has 0 bridgehead atoms. The van der Waals surface area contributed by atoms with Gasteiger partial charge in [-0.05, 0) is 37.1 Å². The molecule has 0 saturated carbocycles. The molecule has 6 nitrogen and oxygen atoms in total. The minimum atomic E-state index is -3.73. The predicted octanol–water partition coefficient (Wildman–Crippen LogP) is 3.77. The predicted molar refractivity (Wildman–Crippen MR) is 111 cm³/mol. The standard InChI is InChI=1S/C21H23ClN2O4S/c22-17-9-8-15(14-20(17)29(26,27)24-11-4-1-5-12-24)21(25)23-18-10-13-28-19-7-3-2-6-16(18)19/h2-3,6-9,14,18H,1,4-5,10-13H2,(H,23,25). The first kappa shape index (κ1) is 20.2. The van der Waals surface area contributed by atoms with Gasteiger partial charge in [0.25, 0.3) is 5.91 Å². The minimum Gasteiger partial charge on any atom is -0.493 e. The second-order valence-corrected chi connectivity index (χ2v) is 9.62. The van der Waals surface area contributed by atoms with Gasteiger partial charge in [0.1, 0.15) is 10.6 Å². The third kappa shape index (κ3) is 4.13. The molecule has 2 aromatic rings. The molecular weight excluding hydrogens is 412 g/mol. The summed E-state index contributed by atoms with van der Waals surface area (Å²) in [6.07, 6.45) is 3.34. The second-order valence-electron chi connectivity index (χ2n) is 7.31. The van der Waals surface area contributed by atoms with E-state index in [1.165, 1.54) is 16.4 Å². The lowest BCUT2D eigenvalue weighted by molar-refractivity contribution is 0.0924. The Morgan fingerprint density at radius 2 is 1.86 bits per heavy atom. The van der Waals surface area contributed by atoms with E-state index in [0.29, 0.717) is 26.1 Å². The Morgan fingerprint density at radius 3 is 2.66 bits per heavy atom. The van der Waals surface area contributed by atoms with Crippen molar-refractivity contribution in [3.63, 3.8) is 0 Å². The highest BCUT2D eigenvalue weighted by atomic mass is 35.5. The molecule has 0 aliphatic carbocycles. The smallest absolute Gasteiger partial charge is 0.251 e. The average Bonchev–Trinajstić information content (AvgIpc) is 2.75. The normalized spacial score (nSPS) is 19.8. The lowest BCUT2D eigenvalue weighted by atomic mass is 10.00. The molecule has 4 rings (SSSR count). The van der Waals surface area contributed by atoms with E-state index in [1.54, 1.807) is 6.07 Å². The Bertz CT molecular complexity index is 1020. The van der Waals surface area contributed by atoms with Crippen molar-refractivity contribution >= 4 is 27.5 Å². The molecule has 2 heterocycles. The van der Waals surface area contributed by atoms with Gasteiger partial charge >= 0.3 is 0 Å². The number of nitrogens with one attached hydrogen (secondary N) is 1. The van der Waals surface area contributed by atoms with Gasteiger partial charge in [0, 0.05) is 30.6 Å². The first-order valence-corrected chi connectivity index (χ1v) is 11.6. The van der Waals surface area contributed by atoms with Gasteiger partial charge in [0.05, 0.1) is 17.7 Å². The highest BCUT2D eigenvalue weighted by Gasteiger charge is 2.29. The van der Waals surface area contributed by atoms with Gasteiger partial charge in [-0.25, -0.2) is 8.42 Å². The summed E-state index contributed by atoms with van der Waals surface area (Å²) in [5.74, 6) is 0.423. The van der Waals surface area contributed by atoms with Crippen LogP contribution in [-0.4, -0.2) is 38.3 Å². The molecule has 1 unspecified atom stereocenters. The van der Waals surface area contributed by atoms with Crippen LogP contribution in [0.15, 0.2) is 47.4 Å². The van der Waals surface area contributed by atoms with Crippen LogP contribution >= 0.6 is 11.6 Å². The number of amides is 1. The summed E-state index contributed by atoms with van der Waals surface area (Å²) in [5, 5.41) is 3.13. The van der Waals surface area contributed by atoms with Gasteiger partial charge in [0.2, 0.25) is 10.0 Å². The topological polar surface area (TPSA) is 75.7 Å². The number of rotatable bonds is 4. The molecule has 154 valence electrons.